The number of nitrogens with zero attached hydrogens (tertiary/aromatic N) is 4. The molecule has 7 nitrogen and oxygen atoms in total. The molecule has 1 aromatic heterocycles. The lowest BCUT2D eigenvalue weighted by atomic mass is 10.0. The minimum Gasteiger partial charge on any atom is -0.279 e. The van der Waals surface area contributed by atoms with Crippen LogP contribution < -0.4 is 11.1 Å². The van der Waals surface area contributed by atoms with Gasteiger partial charge >= 0.3 is 5.69 Å². The van der Waals surface area contributed by atoms with Crippen molar-refractivity contribution in [2.45, 2.75) is 38.8 Å². The summed E-state index contributed by atoms with van der Waals surface area (Å²) in [6.45, 7) is 0.513. The van der Waals surface area contributed by atoms with Gasteiger partial charge in [-0.05, 0) is 12.8 Å². The summed E-state index contributed by atoms with van der Waals surface area (Å²) in [5.74, 6) is 0.378. The quantitative estimate of drug-likeness (QED) is 0.537. The molecule has 1 aliphatic heterocycles. The van der Waals surface area contributed by atoms with E-state index < -0.39 is 0 Å². The molecule has 0 fully saturated rings. The number of carbonyl (C=O) groups excluding carboxylic acids is 1. The van der Waals surface area contributed by atoms with E-state index in [4.69, 9.17) is 0 Å². The molecule has 2 aromatic carbocycles. The SMILES string of the molecule is O=C(Cn1nc2n(c1=O)CCCCC2)NN=C(c1ccccc1)c1ccccc1. The zero-order chi connectivity index (χ0) is 20.1. The van der Waals surface area contributed by atoms with Crippen LogP contribution in [0.5, 0.6) is 0 Å². The summed E-state index contributed by atoms with van der Waals surface area (Å²) in [6, 6.07) is 19.3. The van der Waals surface area contributed by atoms with Gasteiger partial charge in [0.15, 0.2) is 0 Å². The number of benzene rings is 2. The number of hydrogen-bond donors (Lipinski definition) is 1. The Kier molecular flexibility index (Phi) is 5.65. The van der Waals surface area contributed by atoms with Gasteiger partial charge in [0.25, 0.3) is 5.91 Å². The van der Waals surface area contributed by atoms with E-state index in [1.54, 1.807) is 4.57 Å². The van der Waals surface area contributed by atoms with E-state index in [-0.39, 0.29) is 18.1 Å². The Hall–Kier alpha value is -3.48. The Morgan fingerprint density at radius 3 is 2.28 bits per heavy atom. The van der Waals surface area contributed by atoms with Crippen molar-refractivity contribution in [2.24, 2.45) is 5.10 Å². The topological polar surface area (TPSA) is 81.3 Å². The molecule has 0 bridgehead atoms. The van der Waals surface area contributed by atoms with Crippen molar-refractivity contribution >= 4 is 11.6 Å². The maximum atomic E-state index is 12.5. The van der Waals surface area contributed by atoms with Gasteiger partial charge in [-0.2, -0.15) is 10.2 Å². The molecule has 148 valence electrons. The van der Waals surface area contributed by atoms with E-state index in [1.807, 2.05) is 60.7 Å². The lowest BCUT2D eigenvalue weighted by Gasteiger charge is -2.08. The molecule has 1 aliphatic rings. The fourth-order valence-corrected chi connectivity index (χ4v) is 3.51. The molecule has 1 amide bonds. The predicted molar refractivity (Wildman–Crippen MR) is 111 cm³/mol. The molecular weight excluding hydrogens is 366 g/mol. The van der Waals surface area contributed by atoms with Gasteiger partial charge < -0.3 is 0 Å². The van der Waals surface area contributed by atoms with E-state index in [2.05, 4.69) is 15.6 Å². The Labute approximate surface area is 168 Å². The zero-order valence-electron chi connectivity index (χ0n) is 16.1. The van der Waals surface area contributed by atoms with Gasteiger partial charge in [0.2, 0.25) is 0 Å². The van der Waals surface area contributed by atoms with E-state index in [9.17, 15) is 9.59 Å². The molecular formula is C22H23N5O2. The van der Waals surface area contributed by atoms with Crippen molar-refractivity contribution in [3.05, 3.63) is 88.1 Å². The van der Waals surface area contributed by atoms with E-state index in [0.717, 1.165) is 42.6 Å². The summed E-state index contributed by atoms with van der Waals surface area (Å²) < 4.78 is 2.92. The number of nitrogens with one attached hydrogen (secondary N) is 1. The number of fused-ring (bicyclic) bond motifs is 1. The van der Waals surface area contributed by atoms with Crippen LogP contribution in [0.2, 0.25) is 0 Å². The van der Waals surface area contributed by atoms with Crippen LogP contribution in [-0.4, -0.2) is 26.0 Å². The smallest absolute Gasteiger partial charge is 0.279 e. The van der Waals surface area contributed by atoms with E-state index in [0.29, 0.717) is 12.3 Å². The lowest BCUT2D eigenvalue weighted by molar-refractivity contribution is -0.121. The third-order valence-electron chi connectivity index (χ3n) is 4.96. The zero-order valence-corrected chi connectivity index (χ0v) is 16.1. The van der Waals surface area contributed by atoms with Gasteiger partial charge in [-0.1, -0.05) is 67.1 Å². The van der Waals surface area contributed by atoms with Crippen LogP contribution in [0.25, 0.3) is 0 Å². The van der Waals surface area contributed by atoms with Crippen molar-refractivity contribution in [3.63, 3.8) is 0 Å². The highest BCUT2D eigenvalue weighted by Crippen LogP contribution is 2.11. The van der Waals surface area contributed by atoms with Crippen LogP contribution in [0.15, 0.2) is 70.6 Å². The van der Waals surface area contributed by atoms with Crippen LogP contribution in [0.1, 0.15) is 36.2 Å². The van der Waals surface area contributed by atoms with Crippen molar-refractivity contribution in [2.75, 3.05) is 0 Å². The normalized spacial score (nSPS) is 13.2. The first-order valence-corrected chi connectivity index (χ1v) is 9.86. The van der Waals surface area contributed by atoms with Gasteiger partial charge in [0, 0.05) is 24.1 Å². The maximum Gasteiger partial charge on any atom is 0.346 e. The first-order chi connectivity index (χ1) is 14.2. The molecule has 7 heteroatoms. The molecule has 0 radical (unpaired) electrons. The summed E-state index contributed by atoms with van der Waals surface area (Å²) >= 11 is 0. The van der Waals surface area contributed by atoms with Gasteiger partial charge in [0.1, 0.15) is 12.4 Å². The third kappa shape index (κ3) is 4.34. The summed E-state index contributed by atoms with van der Waals surface area (Å²) in [6.07, 6.45) is 3.85. The first-order valence-electron chi connectivity index (χ1n) is 9.86. The Balaban J connectivity index is 1.54. The average Bonchev–Trinajstić information content (AvgIpc) is 2.91. The first kappa shape index (κ1) is 18.9. The number of hydrogen-bond acceptors (Lipinski definition) is 4. The number of aryl methyl sites for hydroxylation is 1. The molecule has 0 aliphatic carbocycles. The highest BCUT2D eigenvalue weighted by Gasteiger charge is 2.17. The number of rotatable bonds is 5. The Morgan fingerprint density at radius 2 is 1.62 bits per heavy atom. The minimum absolute atomic E-state index is 0.154. The predicted octanol–water partition coefficient (Wildman–Crippen LogP) is 2.34. The maximum absolute atomic E-state index is 12.5. The number of carbonyl (C=O) groups is 1. The number of aromatic nitrogens is 3. The van der Waals surface area contributed by atoms with Crippen LogP contribution >= 0.6 is 0 Å². The lowest BCUT2D eigenvalue weighted by Crippen LogP contribution is -2.32. The van der Waals surface area contributed by atoms with Crippen LogP contribution in [0.3, 0.4) is 0 Å². The molecule has 0 spiro atoms. The molecule has 4 rings (SSSR count). The monoisotopic (exact) mass is 389 g/mol. The number of amides is 1. The summed E-state index contributed by atoms with van der Waals surface area (Å²) in [5.41, 5.74) is 4.81. The van der Waals surface area contributed by atoms with Gasteiger partial charge in [-0.15, -0.1) is 0 Å². The van der Waals surface area contributed by atoms with Gasteiger partial charge in [0.05, 0.1) is 5.71 Å². The van der Waals surface area contributed by atoms with Crippen molar-refractivity contribution in [1.29, 1.82) is 0 Å². The average molecular weight is 389 g/mol. The molecule has 1 N–H and O–H groups in total. The van der Waals surface area contributed by atoms with Crippen LogP contribution in [0.4, 0.5) is 0 Å². The van der Waals surface area contributed by atoms with Gasteiger partial charge in [-0.3, -0.25) is 9.36 Å². The molecule has 3 aromatic rings. The second-order valence-corrected chi connectivity index (χ2v) is 7.05. The molecule has 0 saturated carbocycles. The Morgan fingerprint density at radius 1 is 0.966 bits per heavy atom. The minimum atomic E-state index is -0.385. The largest absolute Gasteiger partial charge is 0.346 e. The van der Waals surface area contributed by atoms with Gasteiger partial charge in [-0.25, -0.2) is 14.9 Å². The highest BCUT2D eigenvalue weighted by atomic mass is 16.2. The summed E-state index contributed by atoms with van der Waals surface area (Å²) in [7, 11) is 0. The third-order valence-corrected chi connectivity index (χ3v) is 4.96. The van der Waals surface area contributed by atoms with Crippen molar-refractivity contribution < 1.29 is 4.79 Å². The van der Waals surface area contributed by atoms with Crippen LogP contribution in [-0.2, 0) is 24.3 Å². The fraction of sp³-hybridized carbons (Fsp3) is 0.273. The Bertz CT molecular complexity index is 1030. The van der Waals surface area contributed by atoms with E-state index in [1.165, 1.54) is 4.68 Å². The molecule has 29 heavy (non-hydrogen) atoms. The molecule has 2 heterocycles. The second kappa shape index (κ2) is 8.68. The standard InChI is InChI=1S/C22H23N5O2/c28-20(16-27-22(29)26-15-9-3-8-14-19(26)25-27)23-24-21(17-10-4-1-5-11-17)18-12-6-2-7-13-18/h1-2,4-7,10-13H,3,8-9,14-16H2,(H,23,28). The summed E-state index contributed by atoms with van der Waals surface area (Å²) in [4.78, 5) is 25.0. The van der Waals surface area contributed by atoms with Crippen molar-refractivity contribution in [3.8, 4) is 0 Å². The van der Waals surface area contributed by atoms with Crippen molar-refractivity contribution in [1.82, 2.24) is 19.8 Å². The molecule has 0 atom stereocenters. The van der Waals surface area contributed by atoms with E-state index >= 15 is 0 Å². The number of hydrazone groups is 1. The van der Waals surface area contributed by atoms with Crippen LogP contribution in [0, 0.1) is 0 Å². The summed E-state index contributed by atoms with van der Waals surface area (Å²) in [5, 5.41) is 8.71. The molecule has 0 saturated heterocycles. The fourth-order valence-electron chi connectivity index (χ4n) is 3.51. The molecule has 0 unspecified atom stereocenters. The second-order valence-electron chi connectivity index (χ2n) is 7.05. The highest BCUT2D eigenvalue weighted by molar-refractivity contribution is 6.13.